The molecule has 1 aliphatic rings. The van der Waals surface area contributed by atoms with Crippen LogP contribution in [0.2, 0.25) is 5.02 Å². The molecule has 53 heavy (non-hydrogen) atoms. The second-order valence-corrected chi connectivity index (χ2v) is 14.4. The van der Waals surface area contributed by atoms with E-state index in [1.54, 1.807) is 36.3 Å². The van der Waals surface area contributed by atoms with Crippen LogP contribution in [0, 0.1) is 5.82 Å². The lowest BCUT2D eigenvalue weighted by Gasteiger charge is -2.44. The molecule has 1 aliphatic heterocycles. The SMILES string of the molecule is C=CC(=O)N1C[C@H](C)N(c2nc(=O)n(-c3c(C(C)C)nc(NCc4ccc(OC)cc4)nc3C(C)C)c3nc(-c4ccccc4F)c(Cl)cc23)C[C@H]1C. The quantitative estimate of drug-likeness (QED) is 0.145. The van der Waals surface area contributed by atoms with Crippen LogP contribution in [0.5, 0.6) is 5.75 Å². The highest BCUT2D eigenvalue weighted by molar-refractivity contribution is 6.33. The number of pyridine rings is 1. The maximum atomic E-state index is 15.3. The molecular formula is C40H44ClFN8O3. The normalized spacial score (nSPS) is 16.1. The van der Waals surface area contributed by atoms with Gasteiger partial charge in [-0.2, -0.15) is 4.98 Å². The van der Waals surface area contributed by atoms with Crippen molar-refractivity contribution >= 4 is 40.3 Å². The molecule has 11 nitrogen and oxygen atoms in total. The molecule has 0 spiro atoms. The molecule has 1 saturated heterocycles. The van der Waals surface area contributed by atoms with E-state index in [2.05, 4.69) is 11.9 Å². The van der Waals surface area contributed by atoms with Crippen molar-refractivity contribution in [1.29, 1.82) is 0 Å². The van der Waals surface area contributed by atoms with Crippen molar-refractivity contribution in [3.8, 4) is 22.7 Å². The van der Waals surface area contributed by atoms with E-state index in [0.717, 1.165) is 11.3 Å². The number of halogens is 2. The smallest absolute Gasteiger partial charge is 0.355 e. The summed E-state index contributed by atoms with van der Waals surface area (Å²) in [5.74, 6) is 0.579. The van der Waals surface area contributed by atoms with E-state index in [1.165, 1.54) is 16.7 Å². The monoisotopic (exact) mass is 738 g/mol. The average Bonchev–Trinajstić information content (AvgIpc) is 3.14. The van der Waals surface area contributed by atoms with Crippen LogP contribution < -0.4 is 20.6 Å². The molecule has 0 unspecified atom stereocenters. The predicted molar refractivity (Wildman–Crippen MR) is 208 cm³/mol. The fourth-order valence-electron chi connectivity index (χ4n) is 6.74. The van der Waals surface area contributed by atoms with Gasteiger partial charge < -0.3 is 19.9 Å². The van der Waals surface area contributed by atoms with Gasteiger partial charge >= 0.3 is 5.69 Å². The molecule has 1 N–H and O–H groups in total. The van der Waals surface area contributed by atoms with Gasteiger partial charge in [0.05, 0.1) is 40.3 Å². The Hall–Kier alpha value is -5.36. The standard InChI is InChI=1S/C40H44ClFN8O3/c1-9-32(51)48-20-25(7)49(21-24(48)6)37-29-18-30(41)35(28-12-10-11-13-31(28)42)44-38(29)50(40(52)47-37)36-33(22(2)3)45-39(46-34(36)23(4)5)43-19-26-14-16-27(53-8)17-15-26/h9-18,22-25H,1,19-21H2,2-8H3,(H,43,45,46)/t24-,25+/m1/s1. The van der Waals surface area contributed by atoms with Crippen LogP contribution in [-0.4, -0.2) is 67.6 Å². The minimum Gasteiger partial charge on any atom is -0.497 e. The van der Waals surface area contributed by atoms with Gasteiger partial charge in [-0.3, -0.25) is 4.79 Å². The zero-order chi connectivity index (χ0) is 38.1. The molecule has 6 rings (SSSR count). The summed E-state index contributed by atoms with van der Waals surface area (Å²) >= 11 is 6.93. The number of anilines is 2. The largest absolute Gasteiger partial charge is 0.497 e. The van der Waals surface area contributed by atoms with Gasteiger partial charge in [0.2, 0.25) is 11.9 Å². The van der Waals surface area contributed by atoms with Gasteiger partial charge in [0, 0.05) is 37.3 Å². The zero-order valence-corrected chi connectivity index (χ0v) is 31.8. The van der Waals surface area contributed by atoms with Crippen LogP contribution in [0.4, 0.5) is 16.2 Å². The first-order valence-electron chi connectivity index (χ1n) is 17.7. The summed E-state index contributed by atoms with van der Waals surface area (Å²) in [5.41, 5.74) is 2.71. The number of nitrogens with zero attached hydrogens (tertiary/aromatic N) is 7. The summed E-state index contributed by atoms with van der Waals surface area (Å²) < 4.78 is 22.1. The molecule has 13 heteroatoms. The third kappa shape index (κ3) is 7.33. The van der Waals surface area contributed by atoms with Crippen molar-refractivity contribution in [1.82, 2.24) is 29.4 Å². The maximum Gasteiger partial charge on any atom is 0.355 e. The number of hydrogen-bond acceptors (Lipinski definition) is 9. The fourth-order valence-corrected chi connectivity index (χ4v) is 7.00. The van der Waals surface area contributed by atoms with Gasteiger partial charge in [-0.1, -0.05) is 70.1 Å². The number of rotatable bonds is 10. The summed E-state index contributed by atoms with van der Waals surface area (Å²) in [7, 11) is 1.63. The number of carbonyl (C=O) groups is 1. The van der Waals surface area contributed by atoms with Crippen LogP contribution in [0.15, 0.2) is 72.0 Å². The zero-order valence-electron chi connectivity index (χ0n) is 31.0. The Labute approximate surface area is 313 Å². The molecule has 1 fully saturated rings. The molecule has 1 amide bonds. The minimum absolute atomic E-state index is 0.150. The van der Waals surface area contributed by atoms with E-state index >= 15 is 4.39 Å². The molecule has 0 bridgehead atoms. The van der Waals surface area contributed by atoms with E-state index in [9.17, 15) is 9.59 Å². The number of nitrogens with one attached hydrogen (secondary N) is 1. The van der Waals surface area contributed by atoms with E-state index in [4.69, 9.17) is 36.3 Å². The lowest BCUT2D eigenvalue weighted by Crippen LogP contribution is -2.58. The van der Waals surface area contributed by atoms with Gasteiger partial charge in [0.25, 0.3) is 0 Å². The van der Waals surface area contributed by atoms with Gasteiger partial charge in [-0.15, -0.1) is 0 Å². The van der Waals surface area contributed by atoms with Crippen LogP contribution in [0.1, 0.15) is 70.3 Å². The number of ether oxygens (including phenoxy) is 1. The minimum atomic E-state index is -0.599. The van der Waals surface area contributed by atoms with Gasteiger partial charge in [0.15, 0.2) is 5.65 Å². The second kappa shape index (κ2) is 15.3. The van der Waals surface area contributed by atoms with Crippen molar-refractivity contribution < 1.29 is 13.9 Å². The number of fused-ring (bicyclic) bond motifs is 1. The first-order valence-corrected chi connectivity index (χ1v) is 18.1. The summed E-state index contributed by atoms with van der Waals surface area (Å²) in [6, 6.07) is 15.2. The molecule has 0 saturated carbocycles. The van der Waals surface area contributed by atoms with Gasteiger partial charge in [-0.05, 0) is 67.7 Å². The number of carbonyl (C=O) groups excluding carboxylic acids is 1. The maximum absolute atomic E-state index is 15.3. The van der Waals surface area contributed by atoms with Crippen molar-refractivity contribution in [3.05, 3.63) is 106 Å². The third-order valence-corrected chi connectivity index (χ3v) is 9.80. The van der Waals surface area contributed by atoms with Crippen molar-refractivity contribution in [3.63, 3.8) is 0 Å². The van der Waals surface area contributed by atoms with Gasteiger partial charge in [0.1, 0.15) is 17.4 Å². The lowest BCUT2D eigenvalue weighted by molar-refractivity contribution is -0.128. The number of benzene rings is 2. The van der Waals surface area contributed by atoms with Crippen molar-refractivity contribution in [2.24, 2.45) is 0 Å². The van der Waals surface area contributed by atoms with Crippen LogP contribution in [-0.2, 0) is 11.3 Å². The predicted octanol–water partition coefficient (Wildman–Crippen LogP) is 7.51. The van der Waals surface area contributed by atoms with Crippen LogP contribution in [0.25, 0.3) is 28.0 Å². The summed E-state index contributed by atoms with van der Waals surface area (Å²) in [5, 5.41) is 4.04. The topological polar surface area (TPSA) is 118 Å². The summed E-state index contributed by atoms with van der Waals surface area (Å²) in [6.07, 6.45) is 1.31. The Kier molecular flexibility index (Phi) is 10.8. The number of amides is 1. The summed E-state index contributed by atoms with van der Waals surface area (Å²) in [4.78, 5) is 50.6. The molecule has 5 aromatic rings. The Bertz CT molecular complexity index is 2210. The Morgan fingerprint density at radius 1 is 1.00 bits per heavy atom. The number of methoxy groups -OCH3 is 1. The van der Waals surface area contributed by atoms with E-state index in [0.29, 0.717) is 53.9 Å². The first-order chi connectivity index (χ1) is 25.3. The van der Waals surface area contributed by atoms with Crippen LogP contribution in [0.3, 0.4) is 0 Å². The molecule has 0 radical (unpaired) electrons. The highest BCUT2D eigenvalue weighted by atomic mass is 35.5. The van der Waals surface area contributed by atoms with E-state index in [-0.39, 0.29) is 51.8 Å². The highest BCUT2D eigenvalue weighted by Gasteiger charge is 2.34. The Balaban J connectivity index is 1.58. The van der Waals surface area contributed by atoms with E-state index in [1.807, 2.05) is 70.7 Å². The third-order valence-electron chi connectivity index (χ3n) is 9.51. The van der Waals surface area contributed by atoms with Crippen molar-refractivity contribution in [2.45, 2.75) is 72.0 Å². The molecule has 276 valence electrons. The number of piperazine rings is 1. The molecule has 0 aliphatic carbocycles. The second-order valence-electron chi connectivity index (χ2n) is 13.9. The van der Waals surface area contributed by atoms with Gasteiger partial charge in [-0.25, -0.2) is 28.7 Å². The first kappa shape index (κ1) is 37.4. The van der Waals surface area contributed by atoms with Crippen molar-refractivity contribution in [2.75, 3.05) is 30.4 Å². The molecular weight excluding hydrogens is 695 g/mol. The Morgan fingerprint density at radius 3 is 2.26 bits per heavy atom. The number of aromatic nitrogens is 5. The highest BCUT2D eigenvalue weighted by Crippen LogP contribution is 2.37. The van der Waals surface area contributed by atoms with Crippen LogP contribution >= 0.6 is 11.6 Å². The molecule has 3 aromatic heterocycles. The molecule has 4 heterocycles. The average molecular weight is 739 g/mol. The van der Waals surface area contributed by atoms with E-state index < -0.39 is 11.5 Å². The molecule has 2 atom stereocenters. The Morgan fingerprint density at radius 2 is 1.66 bits per heavy atom. The summed E-state index contributed by atoms with van der Waals surface area (Å²) in [6.45, 7) is 16.8. The molecule has 2 aromatic carbocycles. The lowest BCUT2D eigenvalue weighted by atomic mass is 10.0. The fraction of sp³-hybridized carbons (Fsp3) is 0.350. The number of hydrogen-bond donors (Lipinski definition) is 1.